The van der Waals surface area contributed by atoms with Gasteiger partial charge in [-0.2, -0.15) is 0 Å². The SMILES string of the molecule is CC(C)[C@H](N)C(=O)N1CCC(c2nc3cc(Cl)ccc3o2)CC1. The van der Waals surface area contributed by atoms with E-state index in [1.165, 1.54) is 0 Å². The first-order chi connectivity index (χ1) is 11.0. The fourth-order valence-electron chi connectivity index (χ4n) is 2.94. The summed E-state index contributed by atoms with van der Waals surface area (Å²) in [5.74, 6) is 1.17. The Hall–Kier alpha value is -1.59. The van der Waals surface area contributed by atoms with Gasteiger partial charge in [0.1, 0.15) is 5.52 Å². The number of carbonyl (C=O) groups is 1. The molecular weight excluding hydrogens is 314 g/mol. The van der Waals surface area contributed by atoms with E-state index < -0.39 is 6.04 Å². The summed E-state index contributed by atoms with van der Waals surface area (Å²) >= 11 is 5.99. The van der Waals surface area contributed by atoms with Gasteiger partial charge in [-0.25, -0.2) is 4.98 Å². The molecule has 0 spiro atoms. The van der Waals surface area contributed by atoms with Crippen molar-refractivity contribution in [1.29, 1.82) is 0 Å². The van der Waals surface area contributed by atoms with Crippen LogP contribution in [0.4, 0.5) is 0 Å². The Morgan fingerprint density at radius 1 is 1.39 bits per heavy atom. The van der Waals surface area contributed by atoms with Crippen LogP contribution in [0.15, 0.2) is 22.6 Å². The van der Waals surface area contributed by atoms with Gasteiger partial charge in [-0.3, -0.25) is 4.79 Å². The molecule has 2 heterocycles. The maximum Gasteiger partial charge on any atom is 0.239 e. The monoisotopic (exact) mass is 335 g/mol. The third-order valence-corrected chi connectivity index (χ3v) is 4.76. The highest BCUT2D eigenvalue weighted by Gasteiger charge is 2.30. The molecule has 0 radical (unpaired) electrons. The van der Waals surface area contributed by atoms with Gasteiger partial charge >= 0.3 is 0 Å². The number of hydrogen-bond acceptors (Lipinski definition) is 4. The second-order valence-corrected chi connectivity index (χ2v) is 6.97. The molecule has 2 aromatic rings. The number of likely N-dealkylation sites (tertiary alicyclic amines) is 1. The number of amides is 1. The number of oxazole rings is 1. The quantitative estimate of drug-likeness (QED) is 0.935. The number of nitrogens with zero attached hydrogens (tertiary/aromatic N) is 2. The molecule has 1 aliphatic heterocycles. The minimum absolute atomic E-state index is 0.0443. The summed E-state index contributed by atoms with van der Waals surface area (Å²) in [6.07, 6.45) is 1.69. The summed E-state index contributed by atoms with van der Waals surface area (Å²) in [6, 6.07) is 5.03. The maximum absolute atomic E-state index is 12.3. The number of rotatable bonds is 3. The first-order valence-corrected chi connectivity index (χ1v) is 8.44. The van der Waals surface area contributed by atoms with Crippen molar-refractivity contribution in [1.82, 2.24) is 9.88 Å². The Bertz CT molecular complexity index is 705. The molecule has 1 amide bonds. The first-order valence-electron chi connectivity index (χ1n) is 8.06. The number of hydrogen-bond donors (Lipinski definition) is 1. The molecule has 124 valence electrons. The van der Waals surface area contributed by atoms with Crippen molar-refractivity contribution in [3.8, 4) is 0 Å². The lowest BCUT2D eigenvalue weighted by atomic mass is 9.95. The highest BCUT2D eigenvalue weighted by molar-refractivity contribution is 6.31. The Morgan fingerprint density at radius 2 is 2.09 bits per heavy atom. The van der Waals surface area contributed by atoms with Crippen molar-refractivity contribution in [2.75, 3.05) is 13.1 Å². The average molecular weight is 336 g/mol. The van der Waals surface area contributed by atoms with Crippen LogP contribution in [0.3, 0.4) is 0 Å². The minimum atomic E-state index is -0.419. The predicted octanol–water partition coefficient (Wildman–Crippen LogP) is 3.17. The van der Waals surface area contributed by atoms with Crippen molar-refractivity contribution in [2.24, 2.45) is 11.7 Å². The van der Waals surface area contributed by atoms with E-state index in [0.29, 0.717) is 18.1 Å². The number of fused-ring (bicyclic) bond motifs is 1. The van der Waals surface area contributed by atoms with Gasteiger partial charge < -0.3 is 15.1 Å². The molecule has 3 rings (SSSR count). The van der Waals surface area contributed by atoms with E-state index in [9.17, 15) is 4.79 Å². The number of carbonyl (C=O) groups excluding carboxylic acids is 1. The summed E-state index contributed by atoms with van der Waals surface area (Å²) in [7, 11) is 0. The second kappa shape index (κ2) is 6.49. The molecule has 1 aromatic carbocycles. The highest BCUT2D eigenvalue weighted by Crippen LogP contribution is 2.31. The van der Waals surface area contributed by atoms with Gasteiger partial charge in [0.2, 0.25) is 5.91 Å². The van der Waals surface area contributed by atoms with E-state index in [1.807, 2.05) is 30.9 Å². The molecule has 5 nitrogen and oxygen atoms in total. The summed E-state index contributed by atoms with van der Waals surface area (Å²) < 4.78 is 5.85. The summed E-state index contributed by atoms with van der Waals surface area (Å²) in [6.45, 7) is 5.34. The number of nitrogens with two attached hydrogens (primary N) is 1. The maximum atomic E-state index is 12.3. The molecule has 0 saturated carbocycles. The zero-order valence-electron chi connectivity index (χ0n) is 13.5. The molecule has 6 heteroatoms. The van der Waals surface area contributed by atoms with Crippen molar-refractivity contribution in [3.63, 3.8) is 0 Å². The Labute approximate surface area is 140 Å². The van der Waals surface area contributed by atoms with E-state index in [1.54, 1.807) is 6.07 Å². The number of aromatic nitrogens is 1. The van der Waals surface area contributed by atoms with Gasteiger partial charge in [-0.15, -0.1) is 0 Å². The van der Waals surface area contributed by atoms with Gasteiger partial charge in [0.25, 0.3) is 0 Å². The summed E-state index contributed by atoms with van der Waals surface area (Å²) in [5.41, 5.74) is 7.51. The van der Waals surface area contributed by atoms with E-state index >= 15 is 0 Å². The number of piperidine rings is 1. The van der Waals surface area contributed by atoms with Crippen LogP contribution >= 0.6 is 11.6 Å². The highest BCUT2D eigenvalue weighted by atomic mass is 35.5. The zero-order valence-corrected chi connectivity index (χ0v) is 14.2. The van der Waals surface area contributed by atoms with E-state index in [0.717, 1.165) is 29.8 Å². The molecule has 2 N–H and O–H groups in total. The van der Waals surface area contributed by atoms with E-state index in [4.69, 9.17) is 21.8 Å². The van der Waals surface area contributed by atoms with Crippen molar-refractivity contribution < 1.29 is 9.21 Å². The lowest BCUT2D eigenvalue weighted by Crippen LogP contribution is -2.49. The second-order valence-electron chi connectivity index (χ2n) is 6.53. The molecule has 1 aliphatic rings. The normalized spacial score (nSPS) is 17.9. The topological polar surface area (TPSA) is 72.4 Å². The zero-order chi connectivity index (χ0) is 16.6. The molecule has 1 fully saturated rings. The minimum Gasteiger partial charge on any atom is -0.440 e. The number of benzene rings is 1. The molecule has 0 bridgehead atoms. The van der Waals surface area contributed by atoms with E-state index in [-0.39, 0.29) is 17.7 Å². The van der Waals surface area contributed by atoms with Crippen LogP contribution in [-0.4, -0.2) is 34.9 Å². The lowest BCUT2D eigenvalue weighted by Gasteiger charge is -2.33. The van der Waals surface area contributed by atoms with Gasteiger partial charge in [0.05, 0.1) is 6.04 Å². The molecular formula is C17H22ClN3O2. The third kappa shape index (κ3) is 3.35. The van der Waals surface area contributed by atoms with Gasteiger partial charge in [0, 0.05) is 24.0 Å². The first kappa shape index (κ1) is 16.3. The molecule has 1 atom stereocenters. The van der Waals surface area contributed by atoms with Crippen LogP contribution in [-0.2, 0) is 4.79 Å². The van der Waals surface area contributed by atoms with Gasteiger partial charge in [-0.05, 0) is 37.0 Å². The smallest absolute Gasteiger partial charge is 0.239 e. The number of halogens is 1. The van der Waals surface area contributed by atoms with Gasteiger partial charge in [0.15, 0.2) is 11.5 Å². The van der Waals surface area contributed by atoms with Crippen LogP contribution in [0.2, 0.25) is 5.02 Å². The molecule has 1 aromatic heterocycles. The standard InChI is InChI=1S/C17H22ClN3O2/c1-10(2)15(19)17(22)21-7-5-11(6-8-21)16-20-13-9-12(18)3-4-14(13)23-16/h3-4,9-11,15H,5-8,19H2,1-2H3/t15-/m0/s1. The average Bonchev–Trinajstić information content (AvgIpc) is 2.96. The van der Waals surface area contributed by atoms with Crippen LogP contribution < -0.4 is 5.73 Å². The fraction of sp³-hybridized carbons (Fsp3) is 0.529. The Morgan fingerprint density at radius 3 is 2.74 bits per heavy atom. The van der Waals surface area contributed by atoms with Crippen molar-refractivity contribution >= 4 is 28.6 Å². The summed E-state index contributed by atoms with van der Waals surface area (Å²) in [4.78, 5) is 18.7. The predicted molar refractivity (Wildman–Crippen MR) is 90.4 cm³/mol. The molecule has 0 aliphatic carbocycles. The van der Waals surface area contributed by atoms with Crippen LogP contribution in [0, 0.1) is 5.92 Å². The van der Waals surface area contributed by atoms with Crippen molar-refractivity contribution in [3.05, 3.63) is 29.1 Å². The molecule has 0 unspecified atom stereocenters. The Kier molecular flexibility index (Phi) is 4.60. The fourth-order valence-corrected chi connectivity index (χ4v) is 3.10. The van der Waals surface area contributed by atoms with E-state index in [2.05, 4.69) is 4.98 Å². The van der Waals surface area contributed by atoms with Crippen LogP contribution in [0.1, 0.15) is 38.5 Å². The molecule has 1 saturated heterocycles. The summed E-state index contributed by atoms with van der Waals surface area (Å²) in [5, 5.41) is 0.653. The molecule has 23 heavy (non-hydrogen) atoms. The Balaban J connectivity index is 1.67. The lowest BCUT2D eigenvalue weighted by molar-refractivity contribution is -0.134. The van der Waals surface area contributed by atoms with Crippen molar-refractivity contribution in [2.45, 2.75) is 38.6 Å². The largest absolute Gasteiger partial charge is 0.440 e. The third-order valence-electron chi connectivity index (χ3n) is 4.53. The van der Waals surface area contributed by atoms with Crippen LogP contribution in [0.25, 0.3) is 11.1 Å². The van der Waals surface area contributed by atoms with Gasteiger partial charge in [-0.1, -0.05) is 25.4 Å². The van der Waals surface area contributed by atoms with Crippen LogP contribution in [0.5, 0.6) is 0 Å².